The highest BCUT2D eigenvalue weighted by Crippen LogP contribution is 2.31. The minimum absolute atomic E-state index is 0.0961. The summed E-state index contributed by atoms with van der Waals surface area (Å²) >= 11 is 0. The summed E-state index contributed by atoms with van der Waals surface area (Å²) in [5.74, 6) is -1.29. The minimum Gasteiger partial charge on any atom is -0.314 e. The van der Waals surface area contributed by atoms with E-state index in [0.717, 1.165) is 11.8 Å². The summed E-state index contributed by atoms with van der Waals surface area (Å²) in [6, 6.07) is 6.62. The third-order valence-corrected chi connectivity index (χ3v) is 4.87. The van der Waals surface area contributed by atoms with E-state index in [0.29, 0.717) is 23.5 Å². The zero-order chi connectivity index (χ0) is 19.8. The third kappa shape index (κ3) is 3.33. The van der Waals surface area contributed by atoms with Crippen LogP contribution in [0, 0.1) is 18.6 Å². The summed E-state index contributed by atoms with van der Waals surface area (Å²) in [5, 5.41) is 7.20. The molecular weight excluding hydrogens is 364 g/mol. The number of carbonyl (C=O) groups is 1. The minimum atomic E-state index is -0.655. The zero-order valence-electron chi connectivity index (χ0n) is 15.5. The fraction of sp³-hybridized carbons (Fsp3) is 0.250. The van der Waals surface area contributed by atoms with Gasteiger partial charge < -0.3 is 10.2 Å². The number of fused-ring (bicyclic) bond motifs is 1. The molecule has 0 saturated heterocycles. The van der Waals surface area contributed by atoms with Gasteiger partial charge in [0.25, 0.3) is 0 Å². The molecule has 0 spiro atoms. The van der Waals surface area contributed by atoms with Gasteiger partial charge in [0.15, 0.2) is 0 Å². The van der Waals surface area contributed by atoms with Crippen LogP contribution < -0.4 is 5.32 Å². The summed E-state index contributed by atoms with van der Waals surface area (Å²) in [4.78, 5) is 18.6. The molecule has 1 aliphatic heterocycles. The number of hydrogen-bond donors (Lipinski definition) is 1. The van der Waals surface area contributed by atoms with Crippen LogP contribution in [-0.4, -0.2) is 31.7 Å². The Labute approximate surface area is 160 Å². The number of pyridine rings is 1. The molecule has 1 unspecified atom stereocenters. The molecule has 3 heterocycles. The Morgan fingerprint density at radius 1 is 1.21 bits per heavy atom. The van der Waals surface area contributed by atoms with Gasteiger partial charge in [0.05, 0.1) is 31.0 Å². The second-order valence-corrected chi connectivity index (χ2v) is 6.90. The first-order valence-electron chi connectivity index (χ1n) is 8.93. The van der Waals surface area contributed by atoms with Gasteiger partial charge >= 0.3 is 6.03 Å². The van der Waals surface area contributed by atoms with E-state index in [2.05, 4.69) is 15.4 Å². The quantitative estimate of drug-likeness (QED) is 0.728. The van der Waals surface area contributed by atoms with Crippen LogP contribution in [0.4, 0.5) is 19.3 Å². The lowest BCUT2D eigenvalue weighted by molar-refractivity contribution is 0.162. The van der Waals surface area contributed by atoms with Gasteiger partial charge in [0.2, 0.25) is 0 Å². The van der Waals surface area contributed by atoms with Crippen LogP contribution in [0.25, 0.3) is 11.1 Å². The summed E-state index contributed by atoms with van der Waals surface area (Å²) in [6.45, 7) is 4.53. The number of nitrogens with zero attached hydrogens (tertiary/aromatic N) is 4. The molecule has 0 saturated carbocycles. The predicted molar refractivity (Wildman–Crippen MR) is 101 cm³/mol. The van der Waals surface area contributed by atoms with Gasteiger partial charge in [-0.3, -0.25) is 9.67 Å². The summed E-state index contributed by atoms with van der Waals surface area (Å²) in [6.07, 6.45) is 3.20. The average molecular weight is 383 g/mol. The van der Waals surface area contributed by atoms with Gasteiger partial charge in [-0.15, -0.1) is 0 Å². The van der Waals surface area contributed by atoms with Crippen LogP contribution in [0.5, 0.6) is 0 Å². The normalized spacial score (nSPS) is 16.0. The average Bonchev–Trinajstić information content (AvgIpc) is 3.03. The van der Waals surface area contributed by atoms with E-state index in [4.69, 9.17) is 0 Å². The van der Waals surface area contributed by atoms with E-state index < -0.39 is 11.6 Å². The smallest absolute Gasteiger partial charge is 0.314 e. The number of urea groups is 1. The monoisotopic (exact) mass is 383 g/mol. The highest BCUT2D eigenvalue weighted by atomic mass is 19.1. The van der Waals surface area contributed by atoms with Crippen molar-refractivity contribution >= 4 is 11.7 Å². The van der Waals surface area contributed by atoms with Crippen LogP contribution in [-0.2, 0) is 13.1 Å². The van der Waals surface area contributed by atoms with Crippen molar-refractivity contribution in [2.24, 2.45) is 0 Å². The van der Waals surface area contributed by atoms with E-state index >= 15 is 0 Å². The largest absolute Gasteiger partial charge is 0.322 e. The number of hydrogen-bond acceptors (Lipinski definition) is 3. The molecule has 1 N–H and O–H groups in total. The molecule has 4 rings (SSSR count). The molecule has 1 atom stereocenters. The fourth-order valence-corrected chi connectivity index (χ4v) is 3.42. The van der Waals surface area contributed by atoms with Crippen molar-refractivity contribution in [2.45, 2.75) is 33.0 Å². The van der Waals surface area contributed by atoms with Gasteiger partial charge in [0.1, 0.15) is 11.6 Å². The number of anilines is 1. The zero-order valence-corrected chi connectivity index (χ0v) is 15.5. The molecule has 2 amide bonds. The molecule has 2 aromatic heterocycles. The number of nitrogens with one attached hydrogen (secondary N) is 1. The van der Waals surface area contributed by atoms with Crippen molar-refractivity contribution in [3.63, 3.8) is 0 Å². The standard InChI is InChI=1S/C20H19F2N5O/c1-12-7-15(5-6-23-12)25-20(28)26-11-19-17(9-24-27(19)10-13(26)2)16-4-3-14(21)8-18(16)22/h3-9,13H,10-11H2,1-2H3,(H,23,25,28). The van der Waals surface area contributed by atoms with Crippen LogP contribution >= 0.6 is 0 Å². The van der Waals surface area contributed by atoms with Gasteiger partial charge in [-0.25, -0.2) is 13.6 Å². The molecule has 0 fully saturated rings. The van der Waals surface area contributed by atoms with Gasteiger partial charge in [-0.1, -0.05) is 0 Å². The molecule has 6 nitrogen and oxygen atoms in total. The van der Waals surface area contributed by atoms with Crippen molar-refractivity contribution in [2.75, 3.05) is 5.32 Å². The lowest BCUT2D eigenvalue weighted by Crippen LogP contribution is -2.47. The Morgan fingerprint density at radius 2 is 2.04 bits per heavy atom. The van der Waals surface area contributed by atoms with Crippen molar-refractivity contribution in [3.8, 4) is 11.1 Å². The van der Waals surface area contributed by atoms with Crippen LogP contribution in [0.1, 0.15) is 18.3 Å². The lowest BCUT2D eigenvalue weighted by Gasteiger charge is -2.34. The van der Waals surface area contributed by atoms with Crippen LogP contribution in [0.15, 0.2) is 42.7 Å². The first-order chi connectivity index (χ1) is 13.4. The molecular formula is C20H19F2N5O. The SMILES string of the molecule is Cc1cc(NC(=O)N2Cc3c(-c4ccc(F)cc4F)cnn3CC2C)ccn1. The maximum atomic E-state index is 14.3. The maximum Gasteiger partial charge on any atom is 0.322 e. The molecule has 0 radical (unpaired) electrons. The second kappa shape index (κ2) is 7.03. The first kappa shape index (κ1) is 18.1. The highest BCUT2D eigenvalue weighted by molar-refractivity contribution is 5.89. The molecule has 1 aliphatic rings. The van der Waals surface area contributed by atoms with Crippen molar-refractivity contribution in [1.29, 1.82) is 0 Å². The number of benzene rings is 1. The predicted octanol–water partition coefficient (Wildman–Crippen LogP) is 3.97. The van der Waals surface area contributed by atoms with Crippen LogP contribution in [0.3, 0.4) is 0 Å². The number of aromatic nitrogens is 3. The molecule has 28 heavy (non-hydrogen) atoms. The van der Waals surface area contributed by atoms with E-state index in [9.17, 15) is 13.6 Å². The highest BCUT2D eigenvalue weighted by Gasteiger charge is 2.30. The number of amides is 2. The van der Waals surface area contributed by atoms with Crippen LogP contribution in [0.2, 0.25) is 0 Å². The number of carbonyl (C=O) groups excluding carboxylic acids is 1. The van der Waals surface area contributed by atoms with Crippen molar-refractivity contribution in [3.05, 3.63) is 65.7 Å². The lowest BCUT2D eigenvalue weighted by atomic mass is 10.0. The molecule has 0 aliphatic carbocycles. The molecule has 8 heteroatoms. The number of aryl methyl sites for hydroxylation is 1. The number of rotatable bonds is 2. The molecule has 3 aromatic rings. The molecule has 1 aromatic carbocycles. The summed E-state index contributed by atoms with van der Waals surface area (Å²) in [5.41, 5.74) is 3.00. The maximum absolute atomic E-state index is 14.3. The Hall–Kier alpha value is -3.29. The molecule has 144 valence electrons. The third-order valence-electron chi connectivity index (χ3n) is 4.87. The van der Waals surface area contributed by atoms with Gasteiger partial charge in [-0.05, 0) is 38.1 Å². The second-order valence-electron chi connectivity index (χ2n) is 6.90. The van der Waals surface area contributed by atoms with Crippen molar-refractivity contribution in [1.82, 2.24) is 19.7 Å². The Morgan fingerprint density at radius 3 is 2.79 bits per heavy atom. The van der Waals surface area contributed by atoms with Crippen molar-refractivity contribution < 1.29 is 13.6 Å². The Balaban J connectivity index is 1.62. The topological polar surface area (TPSA) is 63.1 Å². The summed E-state index contributed by atoms with van der Waals surface area (Å²) in [7, 11) is 0. The Kier molecular flexibility index (Phi) is 4.54. The number of halogens is 2. The van der Waals surface area contributed by atoms with E-state index in [1.807, 2.05) is 13.8 Å². The Bertz CT molecular complexity index is 1050. The molecule has 0 bridgehead atoms. The van der Waals surface area contributed by atoms with Gasteiger partial charge in [-0.2, -0.15) is 5.10 Å². The first-order valence-corrected chi connectivity index (χ1v) is 8.93. The van der Waals surface area contributed by atoms with E-state index in [-0.39, 0.29) is 24.2 Å². The fourth-order valence-electron chi connectivity index (χ4n) is 3.42. The van der Waals surface area contributed by atoms with E-state index in [1.54, 1.807) is 34.1 Å². The van der Waals surface area contributed by atoms with E-state index in [1.165, 1.54) is 12.1 Å². The summed E-state index contributed by atoms with van der Waals surface area (Å²) < 4.78 is 29.3. The van der Waals surface area contributed by atoms with Gasteiger partial charge in [0, 0.05) is 34.8 Å².